The number of likely N-dealkylation sites (N-methyl/N-ethyl adjacent to an activating group) is 2. The van der Waals surface area contributed by atoms with Crippen molar-refractivity contribution < 1.29 is 29.2 Å². The number of amides is 1. The van der Waals surface area contributed by atoms with E-state index in [2.05, 4.69) is 46.6 Å². The predicted octanol–water partition coefficient (Wildman–Crippen LogP) is 5.73. The Hall–Kier alpha value is -0.930. The van der Waals surface area contributed by atoms with Gasteiger partial charge >= 0.3 is 6.09 Å². The molecule has 7 aliphatic rings. The minimum absolute atomic E-state index is 0.00766. The molecule has 262 valence electrons. The van der Waals surface area contributed by atoms with Crippen LogP contribution in [0.1, 0.15) is 107 Å². The van der Waals surface area contributed by atoms with Crippen molar-refractivity contribution in [1.82, 2.24) is 9.80 Å². The highest BCUT2D eigenvalue weighted by Gasteiger charge is 2.84. The first kappa shape index (κ1) is 33.6. The standard InChI is InChI=1S/C38H64N2O6/c1-11-44-31(34(5,6)43)24-18-22(2)28-29(45-24)30(41)36(8)26-13-12-25-33(3,4)27(46-32(42)40(10)23-19-39(9)20-23)14-15-37(25)21-38(26,37)17-16-35(28,36)7/h22-31,41,43H,11-21H2,1-10H3/t22-,24-,25+,26+,27+,28+,29+,30+,31+,35-,36-,37-,38+/m1/s1. The summed E-state index contributed by atoms with van der Waals surface area (Å²) in [6.07, 6.45) is 7.11. The Balaban J connectivity index is 1.13. The number of rotatable bonds is 6. The Bertz CT molecular complexity index is 1210. The van der Waals surface area contributed by atoms with E-state index in [0.29, 0.717) is 24.4 Å². The van der Waals surface area contributed by atoms with Gasteiger partial charge in [-0.15, -0.1) is 0 Å². The summed E-state index contributed by atoms with van der Waals surface area (Å²) < 4.78 is 19.4. The van der Waals surface area contributed by atoms with Crippen LogP contribution in [0.5, 0.6) is 0 Å². The molecule has 7 fully saturated rings. The van der Waals surface area contributed by atoms with Crippen LogP contribution in [0, 0.1) is 50.7 Å². The largest absolute Gasteiger partial charge is 0.446 e. The normalized spacial score (nSPS) is 50.2. The van der Waals surface area contributed by atoms with Gasteiger partial charge < -0.3 is 34.2 Å². The fraction of sp³-hybridized carbons (Fsp3) is 0.974. The fourth-order valence-corrected chi connectivity index (χ4v) is 13.9. The molecule has 0 aromatic rings. The first-order valence-electron chi connectivity index (χ1n) is 18.7. The molecule has 5 aliphatic carbocycles. The molecule has 2 N–H and O–H groups in total. The second kappa shape index (κ2) is 10.5. The Kier molecular flexibility index (Phi) is 7.69. The minimum atomic E-state index is -1.02. The Morgan fingerprint density at radius 2 is 1.72 bits per heavy atom. The van der Waals surface area contributed by atoms with Crippen molar-refractivity contribution in [2.75, 3.05) is 33.8 Å². The number of carbonyl (C=O) groups is 1. The molecule has 8 nitrogen and oxygen atoms in total. The van der Waals surface area contributed by atoms with Crippen molar-refractivity contribution in [2.45, 2.75) is 149 Å². The summed E-state index contributed by atoms with van der Waals surface area (Å²) in [7, 11) is 3.99. The van der Waals surface area contributed by atoms with Crippen LogP contribution in [-0.2, 0) is 14.2 Å². The molecule has 46 heavy (non-hydrogen) atoms. The van der Waals surface area contributed by atoms with Gasteiger partial charge in [0.05, 0.1) is 30.0 Å². The van der Waals surface area contributed by atoms with Crippen LogP contribution in [0.3, 0.4) is 0 Å². The van der Waals surface area contributed by atoms with E-state index in [4.69, 9.17) is 14.2 Å². The molecule has 0 radical (unpaired) electrons. The molecule has 2 heterocycles. The lowest BCUT2D eigenvalue weighted by molar-refractivity contribution is -0.215. The number of ether oxygens (including phenoxy) is 3. The minimum Gasteiger partial charge on any atom is -0.446 e. The van der Waals surface area contributed by atoms with E-state index < -0.39 is 17.8 Å². The Labute approximate surface area is 278 Å². The first-order chi connectivity index (χ1) is 21.4. The average molecular weight is 645 g/mol. The van der Waals surface area contributed by atoms with Crippen molar-refractivity contribution in [3.63, 3.8) is 0 Å². The predicted molar refractivity (Wildman–Crippen MR) is 177 cm³/mol. The number of likely N-dealkylation sites (tertiary alicyclic amines) is 1. The van der Waals surface area contributed by atoms with Crippen LogP contribution in [0.25, 0.3) is 0 Å². The zero-order chi connectivity index (χ0) is 33.4. The molecule has 0 bridgehead atoms. The van der Waals surface area contributed by atoms with Crippen LogP contribution < -0.4 is 0 Å². The molecule has 0 unspecified atom stereocenters. The summed E-state index contributed by atoms with van der Waals surface area (Å²) in [5.41, 5.74) is -0.823. The van der Waals surface area contributed by atoms with Gasteiger partial charge in [-0.3, -0.25) is 0 Å². The average Bonchev–Trinajstić information content (AvgIpc) is 3.59. The van der Waals surface area contributed by atoms with Crippen molar-refractivity contribution in [2.24, 2.45) is 50.7 Å². The highest BCUT2D eigenvalue weighted by Crippen LogP contribution is 2.89. The van der Waals surface area contributed by atoms with Crippen LogP contribution in [0.4, 0.5) is 4.79 Å². The molecule has 7 rings (SSSR count). The number of carbonyl (C=O) groups excluding carboxylic acids is 1. The monoisotopic (exact) mass is 644 g/mol. The van der Waals surface area contributed by atoms with Crippen molar-refractivity contribution in [3.8, 4) is 0 Å². The van der Waals surface area contributed by atoms with E-state index in [1.807, 2.05) is 32.7 Å². The van der Waals surface area contributed by atoms with Crippen LogP contribution >= 0.6 is 0 Å². The lowest BCUT2D eigenvalue weighted by atomic mass is 9.41. The maximum absolute atomic E-state index is 13.3. The number of hydrogen-bond acceptors (Lipinski definition) is 7. The maximum Gasteiger partial charge on any atom is 0.410 e. The van der Waals surface area contributed by atoms with Crippen molar-refractivity contribution >= 4 is 6.09 Å². The Morgan fingerprint density at radius 1 is 1.07 bits per heavy atom. The summed E-state index contributed by atoms with van der Waals surface area (Å²) in [6.45, 7) is 20.0. The highest BCUT2D eigenvalue weighted by molar-refractivity contribution is 5.68. The van der Waals surface area contributed by atoms with E-state index in [-0.39, 0.29) is 63.4 Å². The van der Waals surface area contributed by atoms with Crippen molar-refractivity contribution in [3.05, 3.63) is 0 Å². The summed E-state index contributed by atoms with van der Waals surface area (Å²) in [4.78, 5) is 17.3. The Morgan fingerprint density at radius 3 is 2.35 bits per heavy atom. The molecule has 2 saturated heterocycles. The summed E-state index contributed by atoms with van der Waals surface area (Å²) in [5.74, 6) is 1.64. The summed E-state index contributed by atoms with van der Waals surface area (Å²) >= 11 is 0. The molecule has 0 aromatic carbocycles. The van der Waals surface area contributed by atoms with Crippen molar-refractivity contribution in [1.29, 1.82) is 0 Å². The van der Waals surface area contributed by atoms with Crippen LogP contribution in [-0.4, -0.2) is 102 Å². The smallest absolute Gasteiger partial charge is 0.410 e. The second-order valence-corrected chi connectivity index (χ2v) is 18.9. The molecular formula is C38H64N2O6. The lowest BCUT2D eigenvalue weighted by Crippen LogP contribution is -2.61. The summed E-state index contributed by atoms with van der Waals surface area (Å²) in [6, 6.07) is 0.249. The molecule has 8 heteroatoms. The quantitative estimate of drug-likeness (QED) is 0.382. The van der Waals surface area contributed by atoms with Gasteiger partial charge in [0.15, 0.2) is 0 Å². The third-order valence-corrected chi connectivity index (χ3v) is 16.3. The zero-order valence-electron chi connectivity index (χ0n) is 30.5. The third kappa shape index (κ3) is 4.24. The topological polar surface area (TPSA) is 91.7 Å². The summed E-state index contributed by atoms with van der Waals surface area (Å²) in [5, 5.41) is 23.6. The van der Waals surface area contributed by atoms with Gasteiger partial charge in [-0.1, -0.05) is 34.6 Å². The molecule has 2 spiro atoms. The third-order valence-electron chi connectivity index (χ3n) is 16.3. The van der Waals surface area contributed by atoms with E-state index in [0.717, 1.165) is 51.6 Å². The van der Waals surface area contributed by atoms with Gasteiger partial charge in [-0.05, 0) is 119 Å². The number of nitrogens with zero attached hydrogens (tertiary/aromatic N) is 2. The maximum atomic E-state index is 13.3. The fourth-order valence-electron chi connectivity index (χ4n) is 13.9. The molecule has 2 aliphatic heterocycles. The van der Waals surface area contributed by atoms with E-state index in [9.17, 15) is 15.0 Å². The molecule has 5 saturated carbocycles. The lowest BCUT2D eigenvalue weighted by Gasteiger charge is -2.63. The highest BCUT2D eigenvalue weighted by atomic mass is 16.6. The zero-order valence-corrected chi connectivity index (χ0v) is 30.5. The van der Waals surface area contributed by atoms with Crippen LogP contribution in [0.2, 0.25) is 0 Å². The molecule has 0 aromatic heterocycles. The number of aliphatic hydroxyl groups excluding tert-OH is 1. The van der Waals surface area contributed by atoms with Gasteiger partial charge in [0, 0.05) is 37.6 Å². The molecule has 1 amide bonds. The van der Waals surface area contributed by atoms with Gasteiger partial charge in [-0.25, -0.2) is 4.79 Å². The number of hydrogen-bond donors (Lipinski definition) is 2. The first-order valence-corrected chi connectivity index (χ1v) is 18.7. The van der Waals surface area contributed by atoms with Gasteiger partial charge in [0.25, 0.3) is 0 Å². The molecule has 13 atom stereocenters. The van der Waals surface area contributed by atoms with Crippen LogP contribution in [0.15, 0.2) is 0 Å². The molecular weight excluding hydrogens is 580 g/mol. The van der Waals surface area contributed by atoms with Gasteiger partial charge in [0.1, 0.15) is 12.2 Å². The number of fused-ring (bicyclic) bond motifs is 4. The second-order valence-electron chi connectivity index (χ2n) is 18.9. The van der Waals surface area contributed by atoms with E-state index in [1.165, 1.54) is 12.8 Å². The SMILES string of the molecule is CCO[C@@H]([C@H]1C[C@@H](C)[C@H]2[C@H](O1)[C@H](O)[C@@]1(C)[C@@H]3CC[C@H]4C(C)(C)[C@@H](OC(=O)N(C)C5CN(C)C5)CC[C@@]45C[C@@]35CC[C@]21C)C(C)(C)O. The van der Waals surface area contributed by atoms with E-state index >= 15 is 0 Å². The number of aliphatic hydroxyl groups is 2. The van der Waals surface area contributed by atoms with Gasteiger partial charge in [-0.2, -0.15) is 0 Å². The van der Waals surface area contributed by atoms with E-state index in [1.54, 1.807) is 0 Å². The van der Waals surface area contributed by atoms with Gasteiger partial charge in [0.2, 0.25) is 0 Å².